The number of para-hydroxylation sites is 1. The van der Waals surface area contributed by atoms with Crippen LogP contribution < -0.4 is 0 Å². The lowest BCUT2D eigenvalue weighted by Gasteiger charge is -2.14. The zero-order valence-electron chi connectivity index (χ0n) is 9.67. The van der Waals surface area contributed by atoms with E-state index in [0.717, 1.165) is 10.9 Å². The van der Waals surface area contributed by atoms with Gasteiger partial charge in [-0.3, -0.25) is 4.98 Å². The molecular weight excluding hydrogens is 212 g/mol. The first-order chi connectivity index (χ1) is 8.26. The van der Waals surface area contributed by atoms with Crippen LogP contribution in [0.1, 0.15) is 25.1 Å². The van der Waals surface area contributed by atoms with Crippen molar-refractivity contribution >= 4 is 10.9 Å². The Morgan fingerprint density at radius 3 is 2.76 bits per heavy atom. The van der Waals surface area contributed by atoms with Gasteiger partial charge in [-0.05, 0) is 18.6 Å². The molecule has 0 fully saturated rings. The first kappa shape index (κ1) is 11.6. The molecule has 0 bridgehead atoms. The summed E-state index contributed by atoms with van der Waals surface area (Å²) in [4.78, 5) is 4.39. The van der Waals surface area contributed by atoms with E-state index in [0.29, 0.717) is 12.1 Å². The van der Waals surface area contributed by atoms with E-state index in [4.69, 9.17) is 5.26 Å². The Morgan fingerprint density at radius 1 is 1.29 bits per heavy atom. The lowest BCUT2D eigenvalue weighted by atomic mass is 9.98. The Kier molecular flexibility index (Phi) is 3.36. The maximum Gasteiger partial charge on any atom is 0.112 e. The van der Waals surface area contributed by atoms with E-state index in [1.807, 2.05) is 37.3 Å². The number of nitriles is 1. The van der Waals surface area contributed by atoms with Crippen molar-refractivity contribution in [3.63, 3.8) is 0 Å². The minimum absolute atomic E-state index is 0.399. The van der Waals surface area contributed by atoms with Crippen LogP contribution in [0.2, 0.25) is 0 Å². The Morgan fingerprint density at radius 2 is 2.06 bits per heavy atom. The molecular formula is C14H14N2O. The van der Waals surface area contributed by atoms with Gasteiger partial charge in [-0.25, -0.2) is 0 Å². The molecule has 17 heavy (non-hydrogen) atoms. The fourth-order valence-corrected chi connectivity index (χ4v) is 1.84. The molecule has 2 atom stereocenters. The molecule has 2 aromatic rings. The summed E-state index contributed by atoms with van der Waals surface area (Å²) < 4.78 is 0. The molecule has 3 nitrogen and oxygen atoms in total. The second-order valence-corrected chi connectivity index (χ2v) is 4.02. The predicted molar refractivity (Wildman–Crippen MR) is 66.1 cm³/mol. The molecule has 2 unspecified atom stereocenters. The molecule has 0 aliphatic carbocycles. The highest BCUT2D eigenvalue weighted by Gasteiger charge is 2.20. The maximum absolute atomic E-state index is 10.1. The Labute approximate surface area is 100 Å². The van der Waals surface area contributed by atoms with Crippen molar-refractivity contribution in [2.45, 2.75) is 19.4 Å². The molecule has 1 aromatic carbocycles. The van der Waals surface area contributed by atoms with Crippen molar-refractivity contribution in [1.29, 1.82) is 5.26 Å². The molecule has 1 aromatic heterocycles. The van der Waals surface area contributed by atoms with Gasteiger partial charge in [-0.15, -0.1) is 0 Å². The van der Waals surface area contributed by atoms with Gasteiger partial charge in [-0.1, -0.05) is 31.2 Å². The summed E-state index contributed by atoms with van der Waals surface area (Å²) in [7, 11) is 0. The largest absolute Gasteiger partial charge is 0.385 e. The Balaban J connectivity index is 2.39. The molecule has 0 saturated carbocycles. The topological polar surface area (TPSA) is 56.9 Å². The van der Waals surface area contributed by atoms with Crippen LogP contribution in [0.3, 0.4) is 0 Å². The van der Waals surface area contributed by atoms with Crippen LogP contribution in [0.5, 0.6) is 0 Å². The van der Waals surface area contributed by atoms with Gasteiger partial charge in [0.05, 0.1) is 23.2 Å². The van der Waals surface area contributed by atoms with Crippen molar-refractivity contribution in [3.8, 4) is 6.07 Å². The van der Waals surface area contributed by atoms with Crippen LogP contribution in [0.25, 0.3) is 10.9 Å². The molecule has 1 heterocycles. The van der Waals surface area contributed by atoms with Gasteiger partial charge in [0.1, 0.15) is 6.10 Å². The van der Waals surface area contributed by atoms with Gasteiger partial charge in [0.2, 0.25) is 0 Å². The quantitative estimate of drug-likeness (QED) is 0.875. The second-order valence-electron chi connectivity index (χ2n) is 4.02. The average Bonchev–Trinajstić information content (AvgIpc) is 2.39. The number of hydrogen-bond acceptors (Lipinski definition) is 3. The molecule has 3 heteroatoms. The van der Waals surface area contributed by atoms with Crippen LogP contribution in [0.4, 0.5) is 0 Å². The number of nitrogens with zero attached hydrogens (tertiary/aromatic N) is 2. The lowest BCUT2D eigenvalue weighted by molar-refractivity contribution is 0.128. The summed E-state index contributed by atoms with van der Waals surface area (Å²) >= 11 is 0. The van der Waals surface area contributed by atoms with E-state index in [9.17, 15) is 5.11 Å². The zero-order valence-corrected chi connectivity index (χ0v) is 9.67. The fourth-order valence-electron chi connectivity index (χ4n) is 1.84. The van der Waals surface area contributed by atoms with Crippen LogP contribution in [0, 0.1) is 17.2 Å². The highest BCUT2D eigenvalue weighted by Crippen LogP contribution is 2.24. The van der Waals surface area contributed by atoms with Crippen molar-refractivity contribution in [1.82, 2.24) is 4.98 Å². The fraction of sp³-hybridized carbons (Fsp3) is 0.286. The third-order valence-corrected chi connectivity index (χ3v) is 2.91. The third kappa shape index (κ3) is 2.27. The summed E-state index contributed by atoms with van der Waals surface area (Å²) in [5, 5.41) is 20.0. The lowest BCUT2D eigenvalue weighted by Crippen LogP contribution is -2.11. The zero-order chi connectivity index (χ0) is 12.3. The summed E-state index contributed by atoms with van der Waals surface area (Å²) in [5.74, 6) is -0.399. The average molecular weight is 226 g/mol. The van der Waals surface area contributed by atoms with Gasteiger partial charge in [0.15, 0.2) is 0 Å². The number of rotatable bonds is 3. The number of fused-ring (bicyclic) bond motifs is 1. The van der Waals surface area contributed by atoms with Crippen LogP contribution in [0.15, 0.2) is 36.4 Å². The van der Waals surface area contributed by atoms with E-state index in [2.05, 4.69) is 11.1 Å². The molecule has 0 aliphatic heterocycles. The first-order valence-corrected chi connectivity index (χ1v) is 5.69. The van der Waals surface area contributed by atoms with Gasteiger partial charge in [0, 0.05) is 5.39 Å². The number of benzene rings is 1. The number of hydrogen-bond donors (Lipinski definition) is 1. The van der Waals surface area contributed by atoms with E-state index in [1.165, 1.54) is 0 Å². The van der Waals surface area contributed by atoms with Crippen molar-refractivity contribution in [3.05, 3.63) is 42.1 Å². The summed E-state index contributed by atoms with van der Waals surface area (Å²) in [6, 6.07) is 13.5. The predicted octanol–water partition coefficient (Wildman–Crippen LogP) is 2.82. The Bertz CT molecular complexity index is 559. The highest BCUT2D eigenvalue weighted by atomic mass is 16.3. The SMILES string of the molecule is CCC(C#N)C(O)c1ccc2ccccc2n1. The monoisotopic (exact) mass is 226 g/mol. The number of aromatic nitrogens is 1. The molecule has 0 radical (unpaired) electrons. The maximum atomic E-state index is 10.1. The normalized spacial score (nSPS) is 14.2. The molecule has 0 spiro atoms. The van der Waals surface area contributed by atoms with Crippen LogP contribution >= 0.6 is 0 Å². The molecule has 86 valence electrons. The van der Waals surface area contributed by atoms with E-state index < -0.39 is 12.0 Å². The van der Waals surface area contributed by atoms with Crippen LogP contribution in [-0.4, -0.2) is 10.1 Å². The highest BCUT2D eigenvalue weighted by molar-refractivity contribution is 5.78. The minimum Gasteiger partial charge on any atom is -0.385 e. The molecule has 0 aliphatic rings. The smallest absolute Gasteiger partial charge is 0.112 e. The van der Waals surface area contributed by atoms with Crippen molar-refractivity contribution in [2.24, 2.45) is 5.92 Å². The van der Waals surface area contributed by atoms with Gasteiger partial charge >= 0.3 is 0 Å². The molecule has 0 saturated heterocycles. The molecule has 0 amide bonds. The van der Waals surface area contributed by atoms with Crippen LogP contribution in [-0.2, 0) is 0 Å². The number of aliphatic hydroxyl groups excluding tert-OH is 1. The van der Waals surface area contributed by atoms with Gasteiger partial charge in [-0.2, -0.15) is 5.26 Å². The first-order valence-electron chi connectivity index (χ1n) is 5.69. The van der Waals surface area contributed by atoms with E-state index in [-0.39, 0.29) is 0 Å². The van der Waals surface area contributed by atoms with Crippen molar-refractivity contribution < 1.29 is 5.11 Å². The van der Waals surface area contributed by atoms with E-state index >= 15 is 0 Å². The standard InChI is InChI=1S/C14H14N2O/c1-2-10(9-15)14(17)13-8-7-11-5-3-4-6-12(11)16-13/h3-8,10,14,17H,2H2,1H3. The van der Waals surface area contributed by atoms with E-state index in [1.54, 1.807) is 6.07 Å². The summed E-state index contributed by atoms with van der Waals surface area (Å²) in [6.45, 7) is 1.89. The number of pyridine rings is 1. The minimum atomic E-state index is -0.811. The Hall–Kier alpha value is -1.92. The molecule has 1 N–H and O–H groups in total. The van der Waals surface area contributed by atoms with Crippen molar-refractivity contribution in [2.75, 3.05) is 0 Å². The molecule has 2 rings (SSSR count). The summed E-state index contributed by atoms with van der Waals surface area (Å²) in [5.41, 5.74) is 1.41. The van der Waals surface area contributed by atoms with Gasteiger partial charge in [0.25, 0.3) is 0 Å². The van der Waals surface area contributed by atoms with Gasteiger partial charge < -0.3 is 5.11 Å². The summed E-state index contributed by atoms with van der Waals surface area (Å²) in [6.07, 6.45) is -0.193. The third-order valence-electron chi connectivity index (χ3n) is 2.91. The number of aliphatic hydroxyl groups is 1. The second kappa shape index (κ2) is 4.94.